The third kappa shape index (κ3) is 2.39. The number of aromatic amines is 1. The molecule has 0 saturated carbocycles. The number of hydrogen-bond donors (Lipinski definition) is 2. The van der Waals surface area contributed by atoms with Crippen LogP contribution in [-0.4, -0.2) is 35.1 Å². The molecule has 1 aliphatic carbocycles. The number of carboxylic acids is 1. The van der Waals surface area contributed by atoms with Gasteiger partial charge in [0.25, 0.3) is 0 Å². The molecule has 2 aromatic carbocycles. The maximum Gasteiger partial charge on any atom is 0.335 e. The Morgan fingerprint density at radius 1 is 1.04 bits per heavy atom. The Morgan fingerprint density at radius 2 is 1.72 bits per heavy atom. The number of fused-ring (bicyclic) bond motifs is 3. The largest absolute Gasteiger partial charge is 0.493 e. The first-order valence-electron chi connectivity index (χ1n) is 7.70. The summed E-state index contributed by atoms with van der Waals surface area (Å²) in [6.07, 6.45) is 1.98. The van der Waals surface area contributed by atoms with E-state index in [-0.39, 0.29) is 5.56 Å². The molecule has 25 heavy (non-hydrogen) atoms. The van der Waals surface area contributed by atoms with E-state index in [4.69, 9.17) is 14.6 Å². The zero-order valence-electron chi connectivity index (χ0n) is 13.7. The molecule has 0 unspecified atom stereocenters. The molecule has 0 atom stereocenters. The average molecular weight is 336 g/mol. The van der Waals surface area contributed by atoms with E-state index < -0.39 is 5.97 Å². The molecule has 6 heteroatoms. The second kappa shape index (κ2) is 5.59. The number of H-pyrrole nitrogens is 1. The summed E-state index contributed by atoms with van der Waals surface area (Å²) >= 11 is 0. The molecule has 1 heterocycles. The van der Waals surface area contributed by atoms with Crippen LogP contribution in [-0.2, 0) is 0 Å². The minimum Gasteiger partial charge on any atom is -0.493 e. The van der Waals surface area contributed by atoms with E-state index in [9.17, 15) is 4.79 Å². The normalized spacial score (nSPS) is 11.1. The predicted molar refractivity (Wildman–Crippen MR) is 94.3 cm³/mol. The topological polar surface area (TPSA) is 76.5 Å². The Bertz CT molecular complexity index is 1040. The molecule has 0 amide bonds. The van der Waals surface area contributed by atoms with Gasteiger partial charge in [0.05, 0.1) is 31.2 Å². The van der Waals surface area contributed by atoms with Crippen molar-refractivity contribution >= 4 is 16.7 Å². The van der Waals surface area contributed by atoms with E-state index in [0.29, 0.717) is 11.5 Å². The van der Waals surface area contributed by atoms with Gasteiger partial charge in [0, 0.05) is 17.1 Å². The fraction of sp³-hybridized carbons (Fsp3) is 0.105. The predicted octanol–water partition coefficient (Wildman–Crippen LogP) is 3.78. The summed E-state index contributed by atoms with van der Waals surface area (Å²) in [7, 11) is 3.23. The third-order valence-electron chi connectivity index (χ3n) is 4.32. The number of hydrogen-bond acceptors (Lipinski definition) is 3. The van der Waals surface area contributed by atoms with Gasteiger partial charge in [-0.25, -0.2) is 4.79 Å². The van der Waals surface area contributed by atoms with Crippen LogP contribution in [0.1, 0.15) is 10.4 Å². The summed E-state index contributed by atoms with van der Waals surface area (Å²) in [5, 5.41) is 14.4. The molecule has 0 bridgehead atoms. The minimum atomic E-state index is -0.936. The SMILES string of the molecule is COc1cc2cc3cn(-c4ccc(C(=O)O)cc4)[nH]c-3c2cc1OC. The van der Waals surface area contributed by atoms with Crippen molar-refractivity contribution in [3.63, 3.8) is 0 Å². The Labute approximate surface area is 143 Å². The second-order valence-corrected chi connectivity index (χ2v) is 5.73. The summed E-state index contributed by atoms with van der Waals surface area (Å²) in [5.41, 5.74) is 3.15. The van der Waals surface area contributed by atoms with Crippen LogP contribution in [0, 0.1) is 0 Å². The summed E-state index contributed by atoms with van der Waals surface area (Å²) in [6, 6.07) is 12.7. The molecular weight excluding hydrogens is 320 g/mol. The Balaban J connectivity index is 1.82. The highest BCUT2D eigenvalue weighted by Gasteiger charge is 2.17. The van der Waals surface area contributed by atoms with Crippen LogP contribution in [0.4, 0.5) is 0 Å². The van der Waals surface area contributed by atoms with Crippen molar-refractivity contribution in [3.8, 4) is 28.4 Å². The van der Waals surface area contributed by atoms with E-state index >= 15 is 0 Å². The van der Waals surface area contributed by atoms with Crippen LogP contribution in [0.2, 0.25) is 0 Å². The maximum absolute atomic E-state index is 11.0. The first kappa shape index (κ1) is 15.1. The lowest BCUT2D eigenvalue weighted by Crippen LogP contribution is -1.98. The fourth-order valence-electron chi connectivity index (χ4n) is 3.05. The van der Waals surface area contributed by atoms with Gasteiger partial charge in [-0.3, -0.25) is 9.78 Å². The molecule has 0 radical (unpaired) electrons. The van der Waals surface area contributed by atoms with Gasteiger partial charge in [0.15, 0.2) is 11.5 Å². The van der Waals surface area contributed by atoms with Crippen molar-refractivity contribution in [3.05, 3.63) is 54.2 Å². The molecule has 126 valence electrons. The van der Waals surface area contributed by atoms with Gasteiger partial charge in [-0.15, -0.1) is 0 Å². The number of benzene rings is 2. The first-order chi connectivity index (χ1) is 12.1. The first-order valence-corrected chi connectivity index (χ1v) is 7.70. The molecule has 2 N–H and O–H groups in total. The zero-order valence-corrected chi connectivity index (χ0v) is 13.7. The van der Waals surface area contributed by atoms with E-state index in [0.717, 1.165) is 27.7 Å². The molecule has 2 aliphatic rings. The Kier molecular flexibility index (Phi) is 3.39. The Hall–Kier alpha value is -3.41. The monoisotopic (exact) mass is 336 g/mol. The quantitative estimate of drug-likeness (QED) is 0.595. The smallest absolute Gasteiger partial charge is 0.335 e. The van der Waals surface area contributed by atoms with E-state index in [1.54, 1.807) is 38.5 Å². The molecule has 0 saturated heterocycles. The van der Waals surface area contributed by atoms with Crippen molar-refractivity contribution in [2.24, 2.45) is 0 Å². The lowest BCUT2D eigenvalue weighted by molar-refractivity contribution is 0.0697. The van der Waals surface area contributed by atoms with Crippen molar-refractivity contribution in [1.82, 2.24) is 9.78 Å². The highest BCUT2D eigenvalue weighted by Crippen LogP contribution is 2.40. The zero-order chi connectivity index (χ0) is 17.6. The van der Waals surface area contributed by atoms with Gasteiger partial charge < -0.3 is 14.6 Å². The number of nitrogens with one attached hydrogen (secondary N) is 1. The summed E-state index contributed by atoms with van der Waals surface area (Å²) in [6.45, 7) is 0. The number of carboxylic acid groups (broad SMARTS) is 1. The lowest BCUT2D eigenvalue weighted by Gasteiger charge is -2.07. The van der Waals surface area contributed by atoms with Crippen LogP contribution in [0.3, 0.4) is 0 Å². The van der Waals surface area contributed by atoms with Gasteiger partial charge in [0.1, 0.15) is 0 Å². The summed E-state index contributed by atoms with van der Waals surface area (Å²) < 4.78 is 12.6. The number of aromatic carboxylic acids is 1. The molecule has 6 nitrogen and oxygen atoms in total. The van der Waals surface area contributed by atoms with Gasteiger partial charge in [-0.2, -0.15) is 0 Å². The molecule has 0 fully saturated rings. The van der Waals surface area contributed by atoms with Gasteiger partial charge >= 0.3 is 5.97 Å². The molecule has 0 spiro atoms. The second-order valence-electron chi connectivity index (χ2n) is 5.73. The van der Waals surface area contributed by atoms with Crippen LogP contribution < -0.4 is 9.47 Å². The Morgan fingerprint density at radius 3 is 2.36 bits per heavy atom. The van der Waals surface area contributed by atoms with E-state index in [2.05, 4.69) is 11.2 Å². The van der Waals surface area contributed by atoms with Crippen molar-refractivity contribution in [2.45, 2.75) is 0 Å². The van der Waals surface area contributed by atoms with E-state index in [1.807, 2.05) is 23.0 Å². The minimum absolute atomic E-state index is 0.261. The average Bonchev–Trinajstić information content (AvgIpc) is 3.18. The van der Waals surface area contributed by atoms with Crippen LogP contribution >= 0.6 is 0 Å². The molecule has 1 aliphatic heterocycles. The maximum atomic E-state index is 11.0. The lowest BCUT2D eigenvalue weighted by atomic mass is 10.2. The van der Waals surface area contributed by atoms with Crippen molar-refractivity contribution in [1.29, 1.82) is 0 Å². The highest BCUT2D eigenvalue weighted by atomic mass is 16.5. The van der Waals surface area contributed by atoms with Crippen molar-refractivity contribution < 1.29 is 19.4 Å². The number of nitrogens with zero attached hydrogens (tertiary/aromatic N) is 1. The number of rotatable bonds is 4. The van der Waals surface area contributed by atoms with Gasteiger partial charge in [-0.05, 0) is 47.9 Å². The fourth-order valence-corrected chi connectivity index (χ4v) is 3.05. The van der Waals surface area contributed by atoms with Crippen LogP contribution in [0.15, 0.2) is 48.7 Å². The molecule has 2 aromatic rings. The number of ether oxygens (including phenoxy) is 2. The standard InChI is InChI=1S/C19H16N2O4/c1-24-16-8-12-7-13-10-21(14-5-3-11(4-6-14)19(22)23)20-18(13)15(12)9-17(16)25-2/h3-10,20H,1-2H3,(H,22,23). The molecule has 0 aromatic heterocycles. The third-order valence-corrected chi connectivity index (χ3v) is 4.32. The van der Waals surface area contributed by atoms with Gasteiger partial charge in [-0.1, -0.05) is 0 Å². The number of carbonyl (C=O) groups is 1. The highest BCUT2D eigenvalue weighted by molar-refractivity contribution is 6.02. The number of methoxy groups -OCH3 is 2. The molecular formula is C19H16N2O4. The van der Waals surface area contributed by atoms with E-state index in [1.165, 1.54) is 0 Å². The van der Waals surface area contributed by atoms with Crippen molar-refractivity contribution in [2.75, 3.05) is 14.2 Å². The molecule has 4 rings (SSSR count). The van der Waals surface area contributed by atoms with Gasteiger partial charge in [0.2, 0.25) is 0 Å². The summed E-state index contributed by atoms with van der Waals surface area (Å²) in [5.74, 6) is 0.433. The van der Waals surface area contributed by atoms with Crippen LogP contribution in [0.25, 0.3) is 27.7 Å². The number of aromatic nitrogens is 2. The summed E-state index contributed by atoms with van der Waals surface area (Å²) in [4.78, 5) is 11.0. The van der Waals surface area contributed by atoms with Crippen LogP contribution in [0.5, 0.6) is 11.5 Å².